The molecule has 8 nitrogen and oxygen atoms in total. The maximum atomic E-state index is 12.8. The molecule has 25 heavy (non-hydrogen) atoms. The van der Waals surface area contributed by atoms with Crippen molar-refractivity contribution in [3.05, 3.63) is 24.4 Å². The molecule has 1 amide bonds. The van der Waals surface area contributed by atoms with Gasteiger partial charge in [-0.1, -0.05) is 0 Å². The van der Waals surface area contributed by atoms with Crippen molar-refractivity contribution < 1.29 is 17.6 Å². The first-order valence-electron chi connectivity index (χ1n) is 8.23. The van der Waals surface area contributed by atoms with Gasteiger partial charge in [-0.3, -0.25) is 9.89 Å². The van der Waals surface area contributed by atoms with Gasteiger partial charge in [0, 0.05) is 39.3 Å². The number of amides is 1. The molecule has 0 aliphatic carbocycles. The largest absolute Gasteiger partial charge is 0.442 e. The summed E-state index contributed by atoms with van der Waals surface area (Å²) >= 11 is 0. The second kappa shape index (κ2) is 5.70. The van der Waals surface area contributed by atoms with Crippen LogP contribution in [-0.4, -0.2) is 60.4 Å². The number of rotatable bonds is 3. The highest BCUT2D eigenvalue weighted by molar-refractivity contribution is 7.89. The van der Waals surface area contributed by atoms with Gasteiger partial charge in [0.1, 0.15) is 5.69 Å². The van der Waals surface area contributed by atoms with Crippen LogP contribution in [0.25, 0.3) is 11.5 Å². The molecular weight excluding hydrogens is 344 g/mol. The van der Waals surface area contributed by atoms with Crippen molar-refractivity contribution in [1.82, 2.24) is 19.4 Å². The molecule has 134 valence electrons. The van der Waals surface area contributed by atoms with Gasteiger partial charge in [-0.05, 0) is 36.5 Å². The molecule has 2 aliphatic rings. The first kappa shape index (κ1) is 16.3. The zero-order valence-electron chi connectivity index (χ0n) is 13.9. The highest BCUT2D eigenvalue weighted by Gasteiger charge is 2.45. The number of carbonyl (C=O) groups excluding carboxylic acids is 1. The summed E-state index contributed by atoms with van der Waals surface area (Å²) in [5, 5.41) is 6.52. The summed E-state index contributed by atoms with van der Waals surface area (Å²) in [6, 6.07) is 4.81. The second-order valence-corrected chi connectivity index (χ2v) is 8.79. The molecule has 1 N–H and O–H groups in total. The normalized spacial score (nSPS) is 21.3. The summed E-state index contributed by atoms with van der Waals surface area (Å²) in [6.45, 7) is 1.53. The Morgan fingerprint density at radius 1 is 1.24 bits per heavy atom. The zero-order valence-corrected chi connectivity index (χ0v) is 14.8. The van der Waals surface area contributed by atoms with E-state index in [1.165, 1.54) is 10.4 Å². The fraction of sp³-hybridized carbons (Fsp3) is 0.500. The minimum absolute atomic E-state index is 0.0623. The fourth-order valence-electron chi connectivity index (χ4n) is 3.76. The number of nitrogens with zero attached hydrogens (tertiary/aromatic N) is 3. The molecule has 4 heterocycles. The van der Waals surface area contributed by atoms with Gasteiger partial charge in [-0.25, -0.2) is 8.42 Å². The lowest BCUT2D eigenvalue weighted by Crippen LogP contribution is -2.43. The number of sulfonamides is 1. The Hall–Kier alpha value is -2.13. The van der Waals surface area contributed by atoms with Gasteiger partial charge in [0.25, 0.3) is 10.0 Å². The van der Waals surface area contributed by atoms with Crippen molar-refractivity contribution in [2.75, 3.05) is 26.7 Å². The Bertz CT molecular complexity index is 879. The summed E-state index contributed by atoms with van der Waals surface area (Å²) in [4.78, 5) is 13.6. The standard InChI is InChI=1S/C16H20N4O4S/c1-19-11-16(10-14(19)21)5-8-20(9-6-16)25(22,23)15-3-2-13(24-15)12-4-7-17-18-12/h2-4,7H,5-6,8-11H2,1H3,(H,17,18). The highest BCUT2D eigenvalue weighted by atomic mass is 32.2. The van der Waals surface area contributed by atoms with Crippen LogP contribution in [0.4, 0.5) is 0 Å². The quantitative estimate of drug-likeness (QED) is 0.885. The van der Waals surface area contributed by atoms with Gasteiger partial charge >= 0.3 is 0 Å². The lowest BCUT2D eigenvalue weighted by atomic mass is 9.78. The Labute approximate surface area is 145 Å². The third-order valence-electron chi connectivity index (χ3n) is 5.25. The summed E-state index contributed by atoms with van der Waals surface area (Å²) in [5.41, 5.74) is 0.550. The van der Waals surface area contributed by atoms with Crippen LogP contribution in [0.1, 0.15) is 19.3 Å². The Balaban J connectivity index is 1.50. The molecule has 2 fully saturated rings. The highest BCUT2D eigenvalue weighted by Crippen LogP contribution is 2.41. The molecule has 2 aromatic heterocycles. The number of aromatic amines is 1. The summed E-state index contributed by atoms with van der Waals surface area (Å²) in [6.07, 6.45) is 3.48. The minimum atomic E-state index is -3.67. The molecule has 4 rings (SSSR count). The monoisotopic (exact) mass is 364 g/mol. The van der Waals surface area contributed by atoms with Crippen LogP contribution in [0, 0.1) is 5.41 Å². The fourth-order valence-corrected chi connectivity index (χ4v) is 5.12. The summed E-state index contributed by atoms with van der Waals surface area (Å²) in [5.74, 6) is 0.583. The SMILES string of the molecule is CN1CC2(CCN(S(=O)(=O)c3ccc(-c4ccn[nH]4)o3)CC2)CC1=O. The first-order valence-corrected chi connectivity index (χ1v) is 9.67. The third-order valence-corrected chi connectivity index (χ3v) is 7.02. The summed E-state index contributed by atoms with van der Waals surface area (Å²) < 4.78 is 32.7. The molecule has 0 saturated carbocycles. The number of furan rings is 1. The number of hydrogen-bond donors (Lipinski definition) is 1. The smallest absolute Gasteiger partial charge is 0.276 e. The number of H-pyrrole nitrogens is 1. The first-order chi connectivity index (χ1) is 11.9. The summed E-state index contributed by atoms with van der Waals surface area (Å²) in [7, 11) is -1.87. The van der Waals surface area contributed by atoms with Gasteiger partial charge in [-0.15, -0.1) is 0 Å². The van der Waals surface area contributed by atoms with Crippen LogP contribution in [0.5, 0.6) is 0 Å². The average Bonchev–Trinajstić information content (AvgIpc) is 3.30. The lowest BCUT2D eigenvalue weighted by molar-refractivity contribution is -0.126. The minimum Gasteiger partial charge on any atom is -0.442 e. The Morgan fingerprint density at radius 3 is 2.60 bits per heavy atom. The van der Waals surface area contributed by atoms with E-state index in [-0.39, 0.29) is 16.4 Å². The van der Waals surface area contributed by atoms with E-state index >= 15 is 0 Å². The van der Waals surface area contributed by atoms with Gasteiger partial charge in [0.15, 0.2) is 5.76 Å². The van der Waals surface area contributed by atoms with Crippen LogP contribution in [-0.2, 0) is 14.8 Å². The van der Waals surface area contributed by atoms with Crippen molar-refractivity contribution >= 4 is 15.9 Å². The second-order valence-electron chi connectivity index (χ2n) is 6.92. The number of hydrogen-bond acceptors (Lipinski definition) is 5. The topological polar surface area (TPSA) is 99.5 Å². The Morgan fingerprint density at radius 2 is 2.00 bits per heavy atom. The third kappa shape index (κ3) is 2.77. The van der Waals surface area contributed by atoms with Gasteiger partial charge in [0.05, 0.1) is 0 Å². The molecule has 0 unspecified atom stereocenters. The lowest BCUT2D eigenvalue weighted by Gasteiger charge is -2.37. The van der Waals surface area contributed by atoms with Crippen molar-refractivity contribution in [2.45, 2.75) is 24.4 Å². The molecule has 2 saturated heterocycles. The molecule has 0 radical (unpaired) electrons. The van der Waals surface area contributed by atoms with Crippen LogP contribution in [0.15, 0.2) is 33.9 Å². The number of aromatic nitrogens is 2. The van der Waals surface area contributed by atoms with E-state index in [2.05, 4.69) is 10.2 Å². The predicted octanol–water partition coefficient (Wildman–Crippen LogP) is 1.30. The van der Waals surface area contributed by atoms with Crippen molar-refractivity contribution in [2.24, 2.45) is 5.41 Å². The van der Waals surface area contributed by atoms with E-state index in [1.54, 1.807) is 30.3 Å². The van der Waals surface area contributed by atoms with E-state index in [9.17, 15) is 13.2 Å². The average molecular weight is 364 g/mol. The van der Waals surface area contributed by atoms with Crippen LogP contribution >= 0.6 is 0 Å². The maximum Gasteiger partial charge on any atom is 0.276 e. The number of nitrogens with one attached hydrogen (secondary N) is 1. The van der Waals surface area contributed by atoms with E-state index in [0.717, 1.165) is 0 Å². The van der Waals surface area contributed by atoms with Crippen LogP contribution in [0.2, 0.25) is 0 Å². The van der Waals surface area contributed by atoms with Crippen molar-refractivity contribution in [1.29, 1.82) is 0 Å². The predicted molar refractivity (Wildman–Crippen MR) is 89.0 cm³/mol. The van der Waals surface area contributed by atoms with E-state index in [1.807, 2.05) is 0 Å². The zero-order chi connectivity index (χ0) is 17.7. The molecule has 0 bridgehead atoms. The number of piperidine rings is 1. The van der Waals surface area contributed by atoms with Crippen LogP contribution in [0.3, 0.4) is 0 Å². The molecule has 2 aliphatic heterocycles. The van der Waals surface area contributed by atoms with Crippen LogP contribution < -0.4 is 0 Å². The van der Waals surface area contributed by atoms with Gasteiger partial charge in [-0.2, -0.15) is 9.40 Å². The van der Waals surface area contributed by atoms with Gasteiger partial charge < -0.3 is 9.32 Å². The Kier molecular flexibility index (Phi) is 3.73. The van der Waals surface area contributed by atoms with E-state index < -0.39 is 10.0 Å². The number of likely N-dealkylation sites (tertiary alicyclic amines) is 1. The van der Waals surface area contributed by atoms with Crippen molar-refractivity contribution in [3.63, 3.8) is 0 Å². The van der Waals surface area contributed by atoms with Gasteiger partial charge in [0.2, 0.25) is 11.0 Å². The maximum absolute atomic E-state index is 12.8. The molecule has 1 spiro atoms. The van der Waals surface area contributed by atoms with E-state index in [4.69, 9.17) is 4.42 Å². The number of carbonyl (C=O) groups is 1. The molecule has 0 atom stereocenters. The molecule has 0 aromatic carbocycles. The van der Waals surface area contributed by atoms with Crippen molar-refractivity contribution in [3.8, 4) is 11.5 Å². The molecule has 2 aromatic rings. The van der Waals surface area contributed by atoms with E-state index in [0.29, 0.717) is 50.4 Å². The molecular formula is C16H20N4O4S. The molecule has 9 heteroatoms.